The lowest BCUT2D eigenvalue weighted by Crippen LogP contribution is -2.23. The first-order valence-corrected chi connectivity index (χ1v) is 5.66. The van der Waals surface area contributed by atoms with E-state index in [-0.39, 0.29) is 5.41 Å². The standard InChI is InChI=1S/C12H17NO/c1-8-7-13-10(14)6-12(2)5-3-4-9(8)11(12)13/h8H,3-7H2,1-2H3/t8?,12-/m1/s1. The molecular weight excluding hydrogens is 174 g/mol. The Morgan fingerprint density at radius 2 is 2.29 bits per heavy atom. The van der Waals surface area contributed by atoms with Crippen LogP contribution in [0.25, 0.3) is 0 Å². The molecular formula is C12H17NO. The van der Waals surface area contributed by atoms with Crippen LogP contribution in [0.15, 0.2) is 11.3 Å². The first-order valence-electron chi connectivity index (χ1n) is 5.66. The number of carbonyl (C=O) groups is 1. The van der Waals surface area contributed by atoms with Gasteiger partial charge in [0.15, 0.2) is 0 Å². The van der Waals surface area contributed by atoms with Gasteiger partial charge >= 0.3 is 0 Å². The Morgan fingerprint density at radius 3 is 3.07 bits per heavy atom. The minimum absolute atomic E-state index is 0.204. The van der Waals surface area contributed by atoms with Crippen molar-refractivity contribution < 1.29 is 4.79 Å². The van der Waals surface area contributed by atoms with Crippen molar-refractivity contribution in [3.05, 3.63) is 11.3 Å². The molecule has 2 aliphatic heterocycles. The third-order valence-electron chi connectivity index (χ3n) is 4.21. The topological polar surface area (TPSA) is 20.3 Å². The highest BCUT2D eigenvalue weighted by molar-refractivity contribution is 5.84. The van der Waals surface area contributed by atoms with E-state index in [1.165, 1.54) is 25.0 Å². The summed E-state index contributed by atoms with van der Waals surface area (Å²) in [6, 6.07) is 0. The maximum atomic E-state index is 11.8. The van der Waals surface area contributed by atoms with Crippen LogP contribution in [0.5, 0.6) is 0 Å². The van der Waals surface area contributed by atoms with Gasteiger partial charge in [0.1, 0.15) is 0 Å². The van der Waals surface area contributed by atoms with Crippen molar-refractivity contribution >= 4 is 5.91 Å². The lowest BCUT2D eigenvalue weighted by Gasteiger charge is -2.30. The molecule has 0 saturated carbocycles. The SMILES string of the molecule is CC1CN2C(=O)C[C@@]3(C)CCCC1=C23. The van der Waals surface area contributed by atoms with Crippen molar-refractivity contribution in [2.24, 2.45) is 11.3 Å². The Bertz CT molecular complexity index is 344. The number of hydrogen-bond acceptors (Lipinski definition) is 1. The molecule has 0 aromatic carbocycles. The smallest absolute Gasteiger partial charge is 0.227 e. The Labute approximate surface area is 85.0 Å². The van der Waals surface area contributed by atoms with Gasteiger partial charge in [-0.05, 0) is 30.8 Å². The van der Waals surface area contributed by atoms with Gasteiger partial charge in [-0.3, -0.25) is 4.79 Å². The molecule has 3 rings (SSSR count). The number of nitrogens with zero attached hydrogens (tertiary/aromatic N) is 1. The number of allylic oxidation sites excluding steroid dienone is 1. The summed E-state index contributed by atoms with van der Waals surface area (Å²) in [7, 11) is 0. The monoisotopic (exact) mass is 191 g/mol. The number of rotatable bonds is 0. The molecule has 2 nitrogen and oxygen atoms in total. The molecule has 1 aliphatic carbocycles. The zero-order valence-corrected chi connectivity index (χ0v) is 8.97. The van der Waals surface area contributed by atoms with Crippen LogP contribution in [-0.4, -0.2) is 17.4 Å². The number of hydrogen-bond donors (Lipinski definition) is 0. The van der Waals surface area contributed by atoms with E-state index in [1.54, 1.807) is 5.57 Å². The molecule has 14 heavy (non-hydrogen) atoms. The minimum atomic E-state index is 0.204. The van der Waals surface area contributed by atoms with Gasteiger partial charge in [-0.25, -0.2) is 0 Å². The van der Waals surface area contributed by atoms with Gasteiger partial charge in [-0.2, -0.15) is 0 Å². The molecule has 2 heteroatoms. The molecule has 0 spiro atoms. The summed E-state index contributed by atoms with van der Waals surface area (Å²) in [5.74, 6) is 0.986. The number of carbonyl (C=O) groups excluding carboxylic acids is 1. The molecule has 1 amide bonds. The molecule has 2 heterocycles. The van der Waals surface area contributed by atoms with Gasteiger partial charge in [0, 0.05) is 24.1 Å². The molecule has 3 aliphatic rings. The van der Waals surface area contributed by atoms with Crippen LogP contribution in [0.3, 0.4) is 0 Å². The fourth-order valence-corrected chi connectivity index (χ4v) is 3.58. The van der Waals surface area contributed by atoms with Gasteiger partial charge in [0.25, 0.3) is 0 Å². The average molecular weight is 191 g/mol. The third-order valence-corrected chi connectivity index (χ3v) is 4.21. The molecule has 0 aromatic rings. The van der Waals surface area contributed by atoms with Gasteiger partial charge in [-0.15, -0.1) is 0 Å². The molecule has 0 radical (unpaired) electrons. The molecule has 0 bridgehead atoms. The summed E-state index contributed by atoms with van der Waals surface area (Å²) in [5, 5.41) is 0. The van der Waals surface area contributed by atoms with Crippen LogP contribution in [0.4, 0.5) is 0 Å². The van der Waals surface area contributed by atoms with Gasteiger partial charge in [0.05, 0.1) is 0 Å². The second-order valence-corrected chi connectivity index (χ2v) is 5.37. The Balaban J connectivity index is 2.16. The predicted molar refractivity (Wildman–Crippen MR) is 54.5 cm³/mol. The Kier molecular flexibility index (Phi) is 1.47. The fourth-order valence-electron chi connectivity index (χ4n) is 3.58. The highest BCUT2D eigenvalue weighted by Crippen LogP contribution is 2.54. The highest BCUT2D eigenvalue weighted by atomic mass is 16.2. The summed E-state index contributed by atoms with van der Waals surface area (Å²) >= 11 is 0. The van der Waals surface area contributed by atoms with E-state index >= 15 is 0 Å². The normalized spacial score (nSPS) is 40.9. The minimum Gasteiger partial charge on any atom is -0.315 e. The van der Waals surface area contributed by atoms with Crippen molar-refractivity contribution in [3.63, 3.8) is 0 Å². The summed E-state index contributed by atoms with van der Waals surface area (Å²) in [4.78, 5) is 13.9. The van der Waals surface area contributed by atoms with Crippen LogP contribution in [-0.2, 0) is 4.79 Å². The van der Waals surface area contributed by atoms with Crippen LogP contribution in [0, 0.1) is 11.3 Å². The van der Waals surface area contributed by atoms with Crippen molar-refractivity contribution in [3.8, 4) is 0 Å². The lowest BCUT2D eigenvalue weighted by atomic mass is 9.73. The second kappa shape index (κ2) is 2.41. The largest absolute Gasteiger partial charge is 0.315 e. The van der Waals surface area contributed by atoms with Crippen molar-refractivity contribution in [2.75, 3.05) is 6.54 Å². The van der Waals surface area contributed by atoms with E-state index < -0.39 is 0 Å². The van der Waals surface area contributed by atoms with Crippen LogP contribution in [0.2, 0.25) is 0 Å². The molecule has 1 fully saturated rings. The van der Waals surface area contributed by atoms with E-state index in [0.717, 1.165) is 13.0 Å². The first kappa shape index (κ1) is 8.51. The maximum Gasteiger partial charge on any atom is 0.227 e. The quantitative estimate of drug-likeness (QED) is 0.575. The molecule has 1 saturated heterocycles. The highest BCUT2D eigenvalue weighted by Gasteiger charge is 2.51. The molecule has 76 valence electrons. The Hall–Kier alpha value is -0.790. The molecule has 0 N–H and O–H groups in total. The Morgan fingerprint density at radius 1 is 1.50 bits per heavy atom. The van der Waals surface area contributed by atoms with Gasteiger partial charge < -0.3 is 4.90 Å². The molecule has 2 atom stereocenters. The van der Waals surface area contributed by atoms with Crippen LogP contribution in [0.1, 0.15) is 39.5 Å². The van der Waals surface area contributed by atoms with Crippen molar-refractivity contribution in [2.45, 2.75) is 39.5 Å². The van der Waals surface area contributed by atoms with Crippen LogP contribution < -0.4 is 0 Å². The zero-order valence-electron chi connectivity index (χ0n) is 8.97. The van der Waals surface area contributed by atoms with Gasteiger partial charge in [-0.1, -0.05) is 13.8 Å². The van der Waals surface area contributed by atoms with Crippen LogP contribution >= 0.6 is 0 Å². The van der Waals surface area contributed by atoms with E-state index in [4.69, 9.17) is 0 Å². The zero-order chi connectivity index (χ0) is 9.92. The maximum absolute atomic E-state index is 11.8. The van der Waals surface area contributed by atoms with E-state index in [0.29, 0.717) is 11.8 Å². The fraction of sp³-hybridized carbons (Fsp3) is 0.750. The van der Waals surface area contributed by atoms with Gasteiger partial charge in [0.2, 0.25) is 5.91 Å². The van der Waals surface area contributed by atoms with E-state index in [2.05, 4.69) is 18.7 Å². The summed E-state index contributed by atoms with van der Waals surface area (Å²) in [5.41, 5.74) is 3.21. The van der Waals surface area contributed by atoms with Crippen molar-refractivity contribution in [1.82, 2.24) is 4.90 Å². The lowest BCUT2D eigenvalue weighted by molar-refractivity contribution is -0.127. The average Bonchev–Trinajstić information content (AvgIpc) is 2.56. The molecule has 1 unspecified atom stereocenters. The second-order valence-electron chi connectivity index (χ2n) is 5.37. The third kappa shape index (κ3) is 0.844. The van der Waals surface area contributed by atoms with E-state index in [1.807, 2.05) is 0 Å². The predicted octanol–water partition coefficient (Wildman–Crippen LogP) is 2.31. The van der Waals surface area contributed by atoms with Crippen molar-refractivity contribution in [1.29, 1.82) is 0 Å². The summed E-state index contributed by atoms with van der Waals surface area (Å²) in [6.07, 6.45) is 4.48. The molecule has 0 aromatic heterocycles. The summed E-state index contributed by atoms with van der Waals surface area (Å²) in [6.45, 7) is 5.50. The van der Waals surface area contributed by atoms with E-state index in [9.17, 15) is 4.79 Å². The summed E-state index contributed by atoms with van der Waals surface area (Å²) < 4.78 is 0. The first-order chi connectivity index (χ1) is 6.62. The number of amides is 1.